The Morgan fingerprint density at radius 1 is 1.29 bits per heavy atom. The second kappa shape index (κ2) is 4.15. The first-order valence-electron chi connectivity index (χ1n) is 6.06. The first kappa shape index (κ1) is 10.8. The zero-order valence-electron chi connectivity index (χ0n) is 9.89. The molecule has 1 fully saturated rings. The number of rotatable bonds is 3. The molecule has 0 radical (unpaired) electrons. The average molecular weight is 244 g/mol. The van der Waals surface area contributed by atoms with Crippen molar-refractivity contribution >= 4 is 16.3 Å². The molecule has 2 nitrogen and oxygen atoms in total. The standard InChI is InChI=1S/C14H16N2S/c1-9(10-5-3-2-4-6-10)12-13(15)17-14(16-12)11-7-8-11/h2-6,9,11H,7-8,15H2,1H3. The van der Waals surface area contributed by atoms with Gasteiger partial charge in [0.15, 0.2) is 0 Å². The van der Waals surface area contributed by atoms with Crippen molar-refractivity contribution < 1.29 is 0 Å². The molecule has 3 rings (SSSR count). The number of nitrogens with zero attached hydrogens (tertiary/aromatic N) is 1. The van der Waals surface area contributed by atoms with Crippen LogP contribution in [0, 0.1) is 0 Å². The number of nitrogen functional groups attached to an aromatic ring is 1. The predicted octanol–water partition coefficient (Wildman–Crippen LogP) is 3.75. The predicted molar refractivity (Wildman–Crippen MR) is 72.5 cm³/mol. The SMILES string of the molecule is CC(c1ccccc1)c1nc(C2CC2)sc1N. The Labute approximate surface area is 106 Å². The molecule has 1 saturated carbocycles. The third-order valence-electron chi connectivity index (χ3n) is 3.33. The van der Waals surface area contributed by atoms with Gasteiger partial charge in [-0.2, -0.15) is 0 Å². The highest BCUT2D eigenvalue weighted by atomic mass is 32.1. The summed E-state index contributed by atoms with van der Waals surface area (Å²) in [5.41, 5.74) is 8.44. The van der Waals surface area contributed by atoms with E-state index in [2.05, 4.69) is 31.2 Å². The Kier molecular flexibility index (Phi) is 2.63. The van der Waals surface area contributed by atoms with Crippen molar-refractivity contribution in [3.8, 4) is 0 Å². The van der Waals surface area contributed by atoms with Crippen molar-refractivity contribution in [2.75, 3.05) is 5.73 Å². The number of aromatic nitrogens is 1. The molecule has 1 unspecified atom stereocenters. The van der Waals surface area contributed by atoms with Crippen LogP contribution in [0.15, 0.2) is 30.3 Å². The van der Waals surface area contributed by atoms with Gasteiger partial charge in [-0.25, -0.2) is 4.98 Å². The van der Waals surface area contributed by atoms with Crippen LogP contribution in [0.5, 0.6) is 0 Å². The molecule has 17 heavy (non-hydrogen) atoms. The second-order valence-electron chi connectivity index (χ2n) is 4.71. The van der Waals surface area contributed by atoms with Gasteiger partial charge in [-0.15, -0.1) is 11.3 Å². The van der Waals surface area contributed by atoms with E-state index >= 15 is 0 Å². The molecule has 1 aromatic carbocycles. The van der Waals surface area contributed by atoms with Gasteiger partial charge in [0.25, 0.3) is 0 Å². The molecule has 3 heteroatoms. The van der Waals surface area contributed by atoms with Crippen LogP contribution in [0.1, 0.15) is 47.9 Å². The Morgan fingerprint density at radius 2 is 2.00 bits per heavy atom. The van der Waals surface area contributed by atoms with Gasteiger partial charge in [0, 0.05) is 11.8 Å². The van der Waals surface area contributed by atoms with E-state index in [9.17, 15) is 0 Å². The van der Waals surface area contributed by atoms with Crippen LogP contribution in [0.2, 0.25) is 0 Å². The van der Waals surface area contributed by atoms with Gasteiger partial charge in [0.1, 0.15) is 5.00 Å². The molecule has 0 aliphatic heterocycles. The van der Waals surface area contributed by atoms with E-state index in [0.29, 0.717) is 11.8 Å². The fourth-order valence-electron chi connectivity index (χ4n) is 2.08. The number of thiazole rings is 1. The lowest BCUT2D eigenvalue weighted by molar-refractivity contribution is 0.871. The maximum Gasteiger partial charge on any atom is 0.110 e. The van der Waals surface area contributed by atoms with Crippen LogP contribution in [-0.4, -0.2) is 4.98 Å². The summed E-state index contributed by atoms with van der Waals surface area (Å²) in [5.74, 6) is 0.985. The first-order valence-corrected chi connectivity index (χ1v) is 6.88. The topological polar surface area (TPSA) is 38.9 Å². The van der Waals surface area contributed by atoms with Gasteiger partial charge in [-0.3, -0.25) is 0 Å². The maximum atomic E-state index is 6.10. The lowest BCUT2D eigenvalue weighted by Gasteiger charge is -2.09. The third kappa shape index (κ3) is 2.07. The minimum atomic E-state index is 0.292. The number of anilines is 1. The third-order valence-corrected chi connectivity index (χ3v) is 4.40. The lowest BCUT2D eigenvalue weighted by atomic mass is 9.98. The van der Waals surface area contributed by atoms with Gasteiger partial charge in [0.05, 0.1) is 10.7 Å². The van der Waals surface area contributed by atoms with Crippen LogP contribution in [-0.2, 0) is 0 Å². The zero-order valence-corrected chi connectivity index (χ0v) is 10.7. The molecule has 1 aliphatic carbocycles. The molecule has 0 saturated heterocycles. The van der Waals surface area contributed by atoms with E-state index in [0.717, 1.165) is 10.7 Å². The highest BCUT2D eigenvalue weighted by Crippen LogP contribution is 2.44. The molecule has 0 amide bonds. The minimum Gasteiger partial charge on any atom is -0.389 e. The largest absolute Gasteiger partial charge is 0.389 e. The van der Waals surface area contributed by atoms with E-state index in [1.165, 1.54) is 23.4 Å². The van der Waals surface area contributed by atoms with Gasteiger partial charge >= 0.3 is 0 Å². The average Bonchev–Trinajstić information content (AvgIpc) is 3.13. The van der Waals surface area contributed by atoms with Gasteiger partial charge < -0.3 is 5.73 Å². The minimum absolute atomic E-state index is 0.292. The summed E-state index contributed by atoms with van der Waals surface area (Å²) in [7, 11) is 0. The van der Waals surface area contributed by atoms with E-state index in [1.807, 2.05) is 6.07 Å². The quantitative estimate of drug-likeness (QED) is 0.893. The Morgan fingerprint density at radius 3 is 2.65 bits per heavy atom. The van der Waals surface area contributed by atoms with Crippen LogP contribution in [0.25, 0.3) is 0 Å². The fraction of sp³-hybridized carbons (Fsp3) is 0.357. The second-order valence-corrected chi connectivity index (χ2v) is 5.77. The summed E-state index contributed by atoms with van der Waals surface area (Å²) in [6.45, 7) is 2.18. The molecular weight excluding hydrogens is 228 g/mol. The molecule has 1 atom stereocenters. The monoisotopic (exact) mass is 244 g/mol. The molecule has 2 N–H and O–H groups in total. The Hall–Kier alpha value is -1.35. The number of hydrogen-bond acceptors (Lipinski definition) is 3. The molecular formula is C14H16N2S. The van der Waals surface area contributed by atoms with E-state index < -0.39 is 0 Å². The highest BCUT2D eigenvalue weighted by Gasteiger charge is 2.29. The number of benzene rings is 1. The molecule has 88 valence electrons. The van der Waals surface area contributed by atoms with Crippen molar-refractivity contribution in [3.05, 3.63) is 46.6 Å². The maximum absolute atomic E-state index is 6.10. The highest BCUT2D eigenvalue weighted by molar-refractivity contribution is 7.15. The molecule has 2 aromatic rings. The molecule has 1 heterocycles. The summed E-state index contributed by atoms with van der Waals surface area (Å²) in [6, 6.07) is 10.4. The Bertz CT molecular complexity index is 514. The summed E-state index contributed by atoms with van der Waals surface area (Å²) in [5, 5.41) is 2.13. The van der Waals surface area contributed by atoms with Crippen LogP contribution >= 0.6 is 11.3 Å². The van der Waals surface area contributed by atoms with Gasteiger partial charge in [-0.1, -0.05) is 37.3 Å². The Balaban J connectivity index is 1.93. The van der Waals surface area contributed by atoms with Crippen LogP contribution < -0.4 is 5.73 Å². The van der Waals surface area contributed by atoms with E-state index in [-0.39, 0.29) is 0 Å². The van der Waals surface area contributed by atoms with Crippen LogP contribution in [0.3, 0.4) is 0 Å². The van der Waals surface area contributed by atoms with E-state index in [4.69, 9.17) is 10.7 Å². The summed E-state index contributed by atoms with van der Waals surface area (Å²) in [4.78, 5) is 4.74. The van der Waals surface area contributed by atoms with Crippen LogP contribution in [0.4, 0.5) is 5.00 Å². The van der Waals surface area contributed by atoms with Crippen molar-refractivity contribution in [1.29, 1.82) is 0 Å². The lowest BCUT2D eigenvalue weighted by Crippen LogP contribution is -1.99. The summed E-state index contributed by atoms with van der Waals surface area (Å²) < 4.78 is 0. The fourth-order valence-corrected chi connectivity index (χ4v) is 3.17. The molecule has 1 aliphatic rings. The van der Waals surface area contributed by atoms with Crippen molar-refractivity contribution in [2.24, 2.45) is 0 Å². The smallest absolute Gasteiger partial charge is 0.110 e. The van der Waals surface area contributed by atoms with E-state index in [1.54, 1.807) is 11.3 Å². The molecule has 1 aromatic heterocycles. The van der Waals surface area contributed by atoms with Crippen molar-refractivity contribution in [2.45, 2.75) is 31.6 Å². The molecule has 0 bridgehead atoms. The van der Waals surface area contributed by atoms with Gasteiger partial charge in [0.2, 0.25) is 0 Å². The van der Waals surface area contributed by atoms with Crippen molar-refractivity contribution in [1.82, 2.24) is 4.98 Å². The normalized spacial score (nSPS) is 17.0. The molecule has 0 spiro atoms. The number of hydrogen-bond donors (Lipinski definition) is 1. The zero-order chi connectivity index (χ0) is 11.8. The first-order chi connectivity index (χ1) is 8.25. The van der Waals surface area contributed by atoms with Gasteiger partial charge in [-0.05, 0) is 18.4 Å². The number of nitrogens with two attached hydrogens (primary N) is 1. The van der Waals surface area contributed by atoms with Crippen molar-refractivity contribution in [3.63, 3.8) is 0 Å². The summed E-state index contributed by atoms with van der Waals surface area (Å²) in [6.07, 6.45) is 2.57. The summed E-state index contributed by atoms with van der Waals surface area (Å²) >= 11 is 1.67.